The molecule has 1 amide bonds. The zero-order chi connectivity index (χ0) is 19.4. The molecule has 0 spiro atoms. The predicted octanol–water partition coefficient (Wildman–Crippen LogP) is 3.29. The Morgan fingerprint density at radius 2 is 1.81 bits per heavy atom. The normalized spacial score (nSPS) is 15.4. The highest BCUT2D eigenvalue weighted by atomic mass is 16.6. The van der Waals surface area contributed by atoms with E-state index in [1.54, 1.807) is 29.2 Å². The molecule has 1 aromatic heterocycles. The average molecular weight is 373 g/mol. The fourth-order valence-electron chi connectivity index (χ4n) is 2.79. The second-order valence-electron chi connectivity index (χ2n) is 7.43. The van der Waals surface area contributed by atoms with Gasteiger partial charge in [0.05, 0.1) is 5.92 Å². The van der Waals surface area contributed by atoms with E-state index in [2.05, 4.69) is 10.2 Å². The zero-order valence-corrected chi connectivity index (χ0v) is 15.7. The molecule has 0 radical (unpaired) electrons. The smallest absolute Gasteiger partial charge is 0.410 e. The minimum Gasteiger partial charge on any atom is -0.444 e. The van der Waals surface area contributed by atoms with E-state index >= 15 is 0 Å². The second-order valence-corrected chi connectivity index (χ2v) is 7.43. The number of carbonyl (C=O) groups excluding carboxylic acids is 2. The minimum atomic E-state index is -0.528. The van der Waals surface area contributed by atoms with Gasteiger partial charge in [0, 0.05) is 18.7 Å². The first-order valence-corrected chi connectivity index (χ1v) is 8.88. The largest absolute Gasteiger partial charge is 0.444 e. The van der Waals surface area contributed by atoms with Crippen LogP contribution in [-0.4, -0.2) is 45.9 Å². The Hall–Kier alpha value is -2.90. The number of benzene rings is 1. The molecule has 1 aliphatic heterocycles. The molecule has 0 unspecified atom stereocenters. The number of likely N-dealkylation sites (tertiary alicyclic amines) is 1. The molecule has 1 saturated heterocycles. The number of piperidine rings is 1. The lowest BCUT2D eigenvalue weighted by molar-refractivity contribution is -0.140. The fourth-order valence-corrected chi connectivity index (χ4v) is 2.79. The van der Waals surface area contributed by atoms with Crippen molar-refractivity contribution in [2.75, 3.05) is 13.1 Å². The maximum absolute atomic E-state index is 12.4. The summed E-state index contributed by atoms with van der Waals surface area (Å²) in [7, 11) is 0. The summed E-state index contributed by atoms with van der Waals surface area (Å²) in [5.74, 6) is 0.337. The van der Waals surface area contributed by atoms with Gasteiger partial charge >= 0.3 is 12.1 Å². The third-order valence-corrected chi connectivity index (χ3v) is 4.16. The van der Waals surface area contributed by atoms with E-state index in [0.717, 1.165) is 5.56 Å². The van der Waals surface area contributed by atoms with E-state index in [1.165, 1.54) is 6.39 Å². The van der Waals surface area contributed by atoms with Crippen molar-refractivity contribution in [3.63, 3.8) is 0 Å². The van der Waals surface area contributed by atoms with Gasteiger partial charge in [0.1, 0.15) is 11.4 Å². The standard InChI is InChI=1S/C19H23N3O5/c1-19(2,3)27-18(24)22-10-8-14(9-11-22)17(23)26-15-6-4-13(5-7-15)16-21-20-12-25-16/h4-7,12,14H,8-11H2,1-3H3. The van der Waals surface area contributed by atoms with E-state index < -0.39 is 5.60 Å². The highest BCUT2D eigenvalue weighted by molar-refractivity contribution is 5.76. The Kier molecular flexibility index (Phi) is 5.43. The van der Waals surface area contributed by atoms with Crippen molar-refractivity contribution in [2.45, 2.75) is 39.2 Å². The van der Waals surface area contributed by atoms with Gasteiger partial charge in [-0.3, -0.25) is 4.79 Å². The lowest BCUT2D eigenvalue weighted by Crippen LogP contribution is -2.43. The molecule has 3 rings (SSSR count). The van der Waals surface area contributed by atoms with Gasteiger partial charge in [-0.1, -0.05) is 0 Å². The highest BCUT2D eigenvalue weighted by Gasteiger charge is 2.30. The summed E-state index contributed by atoms with van der Waals surface area (Å²) < 4.78 is 15.9. The molecule has 0 aliphatic carbocycles. The number of amides is 1. The van der Waals surface area contributed by atoms with E-state index in [-0.39, 0.29) is 18.0 Å². The number of hydrogen-bond donors (Lipinski definition) is 0. The molecule has 27 heavy (non-hydrogen) atoms. The summed E-state index contributed by atoms with van der Waals surface area (Å²) >= 11 is 0. The SMILES string of the molecule is CC(C)(C)OC(=O)N1CCC(C(=O)Oc2ccc(-c3nnco3)cc2)CC1. The first kappa shape index (κ1) is 18.9. The van der Waals surface area contributed by atoms with Crippen LogP contribution >= 0.6 is 0 Å². The summed E-state index contributed by atoms with van der Waals surface area (Å²) in [5, 5.41) is 7.46. The van der Waals surface area contributed by atoms with E-state index in [0.29, 0.717) is 37.6 Å². The van der Waals surface area contributed by atoms with Crippen molar-refractivity contribution in [2.24, 2.45) is 5.92 Å². The maximum Gasteiger partial charge on any atom is 0.410 e. The quantitative estimate of drug-likeness (QED) is 0.602. The van der Waals surface area contributed by atoms with Crippen LogP contribution in [0.3, 0.4) is 0 Å². The van der Waals surface area contributed by atoms with Crippen molar-refractivity contribution < 1.29 is 23.5 Å². The molecule has 1 aliphatic rings. The Labute approximate surface area is 157 Å². The molecule has 8 heteroatoms. The Bertz CT molecular complexity index is 773. The molecule has 1 aromatic carbocycles. The number of hydrogen-bond acceptors (Lipinski definition) is 7. The lowest BCUT2D eigenvalue weighted by atomic mass is 9.97. The van der Waals surface area contributed by atoms with Crippen LogP contribution in [0.2, 0.25) is 0 Å². The number of rotatable bonds is 3. The van der Waals surface area contributed by atoms with Crippen molar-refractivity contribution in [1.29, 1.82) is 0 Å². The molecular formula is C19H23N3O5. The molecule has 2 aromatic rings. The fraction of sp³-hybridized carbons (Fsp3) is 0.474. The Balaban J connectivity index is 1.50. The van der Waals surface area contributed by atoms with Crippen LogP contribution in [0.1, 0.15) is 33.6 Å². The van der Waals surface area contributed by atoms with Crippen LogP contribution in [-0.2, 0) is 9.53 Å². The predicted molar refractivity (Wildman–Crippen MR) is 95.9 cm³/mol. The number of aromatic nitrogens is 2. The minimum absolute atomic E-state index is 0.237. The average Bonchev–Trinajstić information content (AvgIpc) is 3.16. The summed E-state index contributed by atoms with van der Waals surface area (Å²) in [6.45, 7) is 6.45. The monoisotopic (exact) mass is 373 g/mol. The lowest BCUT2D eigenvalue weighted by Gasteiger charge is -2.32. The van der Waals surface area contributed by atoms with Crippen molar-refractivity contribution in [3.8, 4) is 17.2 Å². The molecule has 0 atom stereocenters. The Morgan fingerprint density at radius 3 is 2.37 bits per heavy atom. The van der Waals surface area contributed by atoms with Crippen LogP contribution in [0.15, 0.2) is 35.1 Å². The molecule has 0 N–H and O–H groups in total. The van der Waals surface area contributed by atoms with E-state index in [9.17, 15) is 9.59 Å². The first-order valence-electron chi connectivity index (χ1n) is 8.88. The third kappa shape index (κ3) is 5.06. The topological polar surface area (TPSA) is 94.8 Å². The van der Waals surface area contributed by atoms with Crippen molar-refractivity contribution >= 4 is 12.1 Å². The molecule has 1 fully saturated rings. The van der Waals surface area contributed by atoms with E-state index in [4.69, 9.17) is 13.9 Å². The van der Waals surface area contributed by atoms with Gasteiger partial charge in [-0.2, -0.15) is 0 Å². The van der Waals surface area contributed by atoms with Gasteiger partial charge in [-0.25, -0.2) is 4.79 Å². The molecule has 144 valence electrons. The molecule has 2 heterocycles. The molecule has 0 bridgehead atoms. The molecule has 8 nitrogen and oxygen atoms in total. The van der Waals surface area contributed by atoms with Gasteiger partial charge in [0.15, 0.2) is 0 Å². The van der Waals surface area contributed by atoms with Crippen LogP contribution in [0, 0.1) is 5.92 Å². The van der Waals surface area contributed by atoms with E-state index in [1.807, 2.05) is 20.8 Å². The zero-order valence-electron chi connectivity index (χ0n) is 15.7. The summed E-state index contributed by atoms with van der Waals surface area (Å²) in [4.78, 5) is 26.1. The van der Waals surface area contributed by atoms with Crippen LogP contribution in [0.4, 0.5) is 4.79 Å². The van der Waals surface area contributed by atoms with Crippen LogP contribution < -0.4 is 4.74 Å². The summed E-state index contributed by atoms with van der Waals surface area (Å²) in [6, 6.07) is 6.88. The van der Waals surface area contributed by atoms with Crippen molar-refractivity contribution in [1.82, 2.24) is 15.1 Å². The number of ether oxygens (including phenoxy) is 2. The van der Waals surface area contributed by atoms with Gasteiger partial charge in [-0.15, -0.1) is 10.2 Å². The third-order valence-electron chi connectivity index (χ3n) is 4.16. The summed E-state index contributed by atoms with van der Waals surface area (Å²) in [6.07, 6.45) is 2.02. The highest BCUT2D eigenvalue weighted by Crippen LogP contribution is 2.24. The Morgan fingerprint density at radius 1 is 1.15 bits per heavy atom. The summed E-state index contributed by atoms with van der Waals surface area (Å²) in [5.41, 5.74) is 0.221. The second kappa shape index (κ2) is 7.77. The van der Waals surface area contributed by atoms with Gasteiger partial charge in [0.2, 0.25) is 12.3 Å². The number of nitrogens with zero attached hydrogens (tertiary/aromatic N) is 3. The van der Waals surface area contributed by atoms with Gasteiger partial charge in [0.25, 0.3) is 0 Å². The molecule has 0 saturated carbocycles. The van der Waals surface area contributed by atoms with Gasteiger partial charge < -0.3 is 18.8 Å². The van der Waals surface area contributed by atoms with Crippen LogP contribution in [0.5, 0.6) is 5.75 Å². The van der Waals surface area contributed by atoms with Crippen molar-refractivity contribution in [3.05, 3.63) is 30.7 Å². The maximum atomic E-state index is 12.4. The van der Waals surface area contributed by atoms with Gasteiger partial charge in [-0.05, 0) is 57.9 Å². The van der Waals surface area contributed by atoms with Crippen LogP contribution in [0.25, 0.3) is 11.5 Å². The first-order chi connectivity index (χ1) is 12.8. The number of esters is 1. The molecular weight excluding hydrogens is 350 g/mol. The number of carbonyl (C=O) groups is 2.